The summed E-state index contributed by atoms with van der Waals surface area (Å²) < 4.78 is 0. The fourth-order valence-electron chi connectivity index (χ4n) is 3.64. The largest absolute Gasteiger partial charge is 0.403 e. The van der Waals surface area contributed by atoms with E-state index in [0.717, 1.165) is 23.4 Å². The molecular weight excluding hydrogens is 276 g/mol. The molecule has 0 aromatic heterocycles. The number of rotatable bonds is 2. The van der Waals surface area contributed by atoms with Gasteiger partial charge in [-0.05, 0) is 38.1 Å². The Labute approximate surface area is 129 Å². The molecule has 3 rings (SSSR count). The van der Waals surface area contributed by atoms with Crippen molar-refractivity contribution in [2.75, 3.05) is 11.4 Å². The Bertz CT molecular complexity index is 731. The molecule has 0 bridgehead atoms. The number of benzene rings is 1. The predicted molar refractivity (Wildman–Crippen MR) is 84.4 cm³/mol. The van der Waals surface area contributed by atoms with E-state index in [1.807, 2.05) is 17.9 Å². The number of hydrogen-bond acceptors (Lipinski definition) is 4. The summed E-state index contributed by atoms with van der Waals surface area (Å²) in [5, 5.41) is 9.12. The van der Waals surface area contributed by atoms with Crippen LogP contribution in [0.2, 0.25) is 0 Å². The predicted octanol–water partition coefficient (Wildman–Crippen LogP) is 2.16. The molecule has 1 amide bonds. The number of hydrogen-bond donors (Lipinski definition) is 1. The van der Waals surface area contributed by atoms with Crippen molar-refractivity contribution in [2.24, 2.45) is 5.73 Å². The molecule has 22 heavy (non-hydrogen) atoms. The van der Waals surface area contributed by atoms with Gasteiger partial charge in [-0.15, -0.1) is 0 Å². The Morgan fingerprint density at radius 3 is 2.91 bits per heavy atom. The molecule has 112 valence electrons. The standard InChI is InChI=1S/C17H18N4O/c1-3-20-15-9-12(10-18)5-6-14(15)17(16(20)22)8-7-13(11-19)21(17)4-2/h4-6,9,11H,2-3,7-8,19H2,1H3/b13-11-. The number of carbonyl (C=O) groups is 1. The van der Waals surface area contributed by atoms with Gasteiger partial charge in [0.2, 0.25) is 0 Å². The Kier molecular flexibility index (Phi) is 3.18. The lowest BCUT2D eigenvalue weighted by Crippen LogP contribution is -2.46. The summed E-state index contributed by atoms with van der Waals surface area (Å²) in [6, 6.07) is 7.57. The maximum atomic E-state index is 13.1. The molecule has 5 nitrogen and oxygen atoms in total. The number of nitriles is 1. The van der Waals surface area contributed by atoms with Gasteiger partial charge >= 0.3 is 0 Å². The summed E-state index contributed by atoms with van der Waals surface area (Å²) in [6.45, 7) is 6.36. The molecule has 1 aromatic rings. The summed E-state index contributed by atoms with van der Waals surface area (Å²) in [6.07, 6.45) is 4.61. The highest BCUT2D eigenvalue weighted by atomic mass is 16.2. The van der Waals surface area contributed by atoms with Crippen molar-refractivity contribution in [1.29, 1.82) is 5.26 Å². The van der Waals surface area contributed by atoms with Crippen LogP contribution in [-0.4, -0.2) is 17.4 Å². The summed E-state index contributed by atoms with van der Waals surface area (Å²) in [4.78, 5) is 16.8. The van der Waals surface area contributed by atoms with Crippen LogP contribution in [0.3, 0.4) is 0 Å². The Hall–Kier alpha value is -2.74. The van der Waals surface area contributed by atoms with Crippen LogP contribution in [0, 0.1) is 11.3 Å². The van der Waals surface area contributed by atoms with Gasteiger partial charge < -0.3 is 15.5 Å². The second-order valence-corrected chi connectivity index (χ2v) is 5.46. The second kappa shape index (κ2) is 4.92. The SMILES string of the molecule is C=CN1/C(=C\N)CCC12C(=O)N(CC)c1cc(C#N)ccc12. The van der Waals surface area contributed by atoms with E-state index in [4.69, 9.17) is 11.0 Å². The van der Waals surface area contributed by atoms with Gasteiger partial charge in [0.15, 0.2) is 5.54 Å². The minimum atomic E-state index is -0.772. The van der Waals surface area contributed by atoms with Crippen LogP contribution in [0.1, 0.15) is 30.9 Å². The summed E-state index contributed by atoms with van der Waals surface area (Å²) in [7, 11) is 0. The lowest BCUT2D eigenvalue weighted by Gasteiger charge is -2.33. The Balaban J connectivity index is 2.26. The monoisotopic (exact) mass is 294 g/mol. The molecule has 1 fully saturated rings. The average Bonchev–Trinajstić information content (AvgIpc) is 3.04. The number of nitrogens with two attached hydrogens (primary N) is 1. The molecule has 2 aliphatic heterocycles. The van der Waals surface area contributed by atoms with Crippen molar-refractivity contribution in [3.63, 3.8) is 0 Å². The van der Waals surface area contributed by atoms with E-state index in [9.17, 15) is 4.79 Å². The minimum Gasteiger partial charge on any atom is -0.403 e. The number of anilines is 1. The first kappa shape index (κ1) is 14.2. The van der Waals surface area contributed by atoms with Gasteiger partial charge in [0, 0.05) is 24.0 Å². The van der Waals surface area contributed by atoms with Crippen LogP contribution in [-0.2, 0) is 10.3 Å². The van der Waals surface area contributed by atoms with Crippen molar-refractivity contribution >= 4 is 11.6 Å². The van der Waals surface area contributed by atoms with Crippen molar-refractivity contribution in [2.45, 2.75) is 25.3 Å². The van der Waals surface area contributed by atoms with Gasteiger partial charge in [0.05, 0.1) is 17.3 Å². The number of likely N-dealkylation sites (N-methyl/N-ethyl adjacent to an activating group) is 1. The molecule has 1 aromatic carbocycles. The van der Waals surface area contributed by atoms with E-state index in [2.05, 4.69) is 12.6 Å². The molecule has 0 radical (unpaired) electrons. The van der Waals surface area contributed by atoms with Crippen LogP contribution in [0.5, 0.6) is 0 Å². The zero-order valence-electron chi connectivity index (χ0n) is 12.5. The third kappa shape index (κ3) is 1.55. The van der Waals surface area contributed by atoms with Gasteiger partial charge in [0.1, 0.15) is 0 Å². The van der Waals surface area contributed by atoms with Gasteiger partial charge in [-0.2, -0.15) is 5.26 Å². The van der Waals surface area contributed by atoms with Crippen LogP contribution >= 0.6 is 0 Å². The van der Waals surface area contributed by atoms with E-state index in [0.29, 0.717) is 18.5 Å². The molecule has 1 unspecified atom stereocenters. The molecule has 2 N–H and O–H groups in total. The number of nitrogens with zero attached hydrogens (tertiary/aromatic N) is 3. The third-order valence-electron chi connectivity index (χ3n) is 4.62. The molecule has 2 heterocycles. The molecule has 1 atom stereocenters. The Morgan fingerprint density at radius 2 is 2.32 bits per heavy atom. The van der Waals surface area contributed by atoms with Crippen LogP contribution in [0.25, 0.3) is 0 Å². The maximum Gasteiger partial charge on any atom is 0.257 e. The van der Waals surface area contributed by atoms with Crippen LogP contribution < -0.4 is 10.6 Å². The van der Waals surface area contributed by atoms with E-state index in [1.54, 1.807) is 29.4 Å². The van der Waals surface area contributed by atoms with Crippen molar-refractivity contribution in [1.82, 2.24) is 4.90 Å². The maximum absolute atomic E-state index is 13.1. The highest BCUT2D eigenvalue weighted by Crippen LogP contribution is 2.52. The first-order valence-electron chi connectivity index (χ1n) is 7.33. The van der Waals surface area contributed by atoms with Crippen molar-refractivity contribution < 1.29 is 4.79 Å². The fourth-order valence-corrected chi connectivity index (χ4v) is 3.64. The highest BCUT2D eigenvalue weighted by Gasteiger charge is 2.57. The number of carbonyl (C=O) groups excluding carboxylic acids is 1. The van der Waals surface area contributed by atoms with Crippen LogP contribution in [0.4, 0.5) is 5.69 Å². The zero-order chi connectivity index (χ0) is 15.9. The van der Waals surface area contributed by atoms with E-state index < -0.39 is 5.54 Å². The van der Waals surface area contributed by atoms with E-state index in [1.165, 1.54) is 0 Å². The Morgan fingerprint density at radius 1 is 1.55 bits per heavy atom. The van der Waals surface area contributed by atoms with Gasteiger partial charge in [-0.3, -0.25) is 4.79 Å². The summed E-state index contributed by atoms with van der Waals surface area (Å²) >= 11 is 0. The van der Waals surface area contributed by atoms with Gasteiger partial charge in [-0.25, -0.2) is 0 Å². The highest BCUT2D eigenvalue weighted by molar-refractivity contribution is 6.08. The minimum absolute atomic E-state index is 0.0249. The molecule has 0 aliphatic carbocycles. The fraction of sp³-hybridized carbons (Fsp3) is 0.294. The topological polar surface area (TPSA) is 73.4 Å². The molecule has 1 spiro atoms. The lowest BCUT2D eigenvalue weighted by molar-refractivity contribution is -0.126. The summed E-state index contributed by atoms with van der Waals surface area (Å²) in [5.74, 6) is 0.0249. The number of fused-ring (bicyclic) bond motifs is 2. The van der Waals surface area contributed by atoms with Gasteiger partial charge in [-0.1, -0.05) is 12.6 Å². The normalized spacial score (nSPS) is 24.9. The molecule has 1 saturated heterocycles. The van der Waals surface area contributed by atoms with Gasteiger partial charge in [0.25, 0.3) is 5.91 Å². The van der Waals surface area contributed by atoms with Crippen molar-refractivity contribution in [3.05, 3.63) is 54.0 Å². The van der Waals surface area contributed by atoms with E-state index >= 15 is 0 Å². The smallest absolute Gasteiger partial charge is 0.257 e. The average molecular weight is 294 g/mol. The molecule has 5 heteroatoms. The van der Waals surface area contributed by atoms with Crippen LogP contribution in [0.15, 0.2) is 42.9 Å². The lowest BCUT2D eigenvalue weighted by atomic mass is 9.88. The zero-order valence-corrected chi connectivity index (χ0v) is 12.5. The first-order chi connectivity index (χ1) is 10.6. The first-order valence-corrected chi connectivity index (χ1v) is 7.33. The van der Waals surface area contributed by atoms with E-state index in [-0.39, 0.29) is 5.91 Å². The number of allylic oxidation sites excluding steroid dienone is 1. The van der Waals surface area contributed by atoms with Crippen molar-refractivity contribution in [3.8, 4) is 6.07 Å². The molecular formula is C17H18N4O. The second-order valence-electron chi connectivity index (χ2n) is 5.46. The number of amides is 1. The molecule has 0 saturated carbocycles. The third-order valence-corrected chi connectivity index (χ3v) is 4.62. The summed E-state index contributed by atoms with van der Waals surface area (Å²) in [5.41, 5.74) is 8.14. The quantitative estimate of drug-likeness (QED) is 0.907. The molecule has 2 aliphatic rings. The number of likely N-dealkylation sites (tertiary alicyclic amines) is 1.